The Labute approximate surface area is 153 Å². The smallest absolute Gasteiger partial charge is 0.326 e. The Morgan fingerprint density at radius 2 is 1.96 bits per heavy atom. The molecule has 0 saturated heterocycles. The molecule has 140 valence electrons. The van der Waals surface area contributed by atoms with Gasteiger partial charge < -0.3 is 10.0 Å². The van der Waals surface area contributed by atoms with E-state index < -0.39 is 17.9 Å². The van der Waals surface area contributed by atoms with Crippen molar-refractivity contribution in [3.63, 3.8) is 0 Å². The normalized spacial score (nSPS) is 12.2. The van der Waals surface area contributed by atoms with E-state index in [0.29, 0.717) is 18.0 Å². The minimum Gasteiger partial charge on any atom is -0.480 e. The van der Waals surface area contributed by atoms with Crippen LogP contribution in [0.2, 0.25) is 0 Å². The zero-order chi connectivity index (χ0) is 19.4. The number of nitrogens with zero attached hydrogens (tertiary/aromatic N) is 4. The number of carbonyl (C=O) groups is 2. The van der Waals surface area contributed by atoms with Crippen LogP contribution >= 0.6 is 0 Å². The zero-order valence-electron chi connectivity index (χ0n) is 15.9. The second-order valence-electron chi connectivity index (χ2n) is 6.73. The van der Waals surface area contributed by atoms with Gasteiger partial charge in [-0.3, -0.25) is 4.79 Å². The molecule has 7 nitrogen and oxygen atoms in total. The van der Waals surface area contributed by atoms with E-state index >= 15 is 0 Å². The molecular formula is C19H26N4O3. The molecule has 1 aromatic heterocycles. The predicted octanol–water partition coefficient (Wildman–Crippen LogP) is 2.89. The molecule has 26 heavy (non-hydrogen) atoms. The highest BCUT2D eigenvalue weighted by atomic mass is 16.4. The van der Waals surface area contributed by atoms with Gasteiger partial charge in [-0.2, -0.15) is 0 Å². The highest BCUT2D eigenvalue weighted by Gasteiger charge is 2.28. The Kier molecular flexibility index (Phi) is 6.13. The van der Waals surface area contributed by atoms with Crippen LogP contribution in [0.25, 0.3) is 5.69 Å². The van der Waals surface area contributed by atoms with Gasteiger partial charge in [0.1, 0.15) is 6.04 Å². The lowest BCUT2D eigenvalue weighted by atomic mass is 10.0. The summed E-state index contributed by atoms with van der Waals surface area (Å²) in [6.45, 7) is 7.71. The Hall–Kier alpha value is -2.70. The number of carbonyl (C=O) groups excluding carboxylic acids is 1. The first-order valence-corrected chi connectivity index (χ1v) is 8.82. The molecule has 0 bridgehead atoms. The molecule has 2 rings (SSSR count). The van der Waals surface area contributed by atoms with Crippen molar-refractivity contribution in [3.05, 3.63) is 41.2 Å². The van der Waals surface area contributed by atoms with Crippen LogP contribution in [0, 0.1) is 0 Å². The highest BCUT2D eigenvalue weighted by Crippen LogP contribution is 2.21. The van der Waals surface area contributed by atoms with Crippen molar-refractivity contribution in [1.82, 2.24) is 19.9 Å². The van der Waals surface area contributed by atoms with Crippen LogP contribution < -0.4 is 0 Å². The Bertz CT molecular complexity index is 798. The fourth-order valence-electron chi connectivity index (χ4n) is 2.66. The van der Waals surface area contributed by atoms with Gasteiger partial charge in [-0.05, 0) is 37.0 Å². The standard InChI is InChI=1S/C19H26N4O3/c1-6-8-16-17(18(24)22(5)13(4)19(25)26)20-21-23(16)15-10-7-9-14(11-15)12(2)3/h7,9-13H,6,8H2,1-5H3,(H,25,26). The topological polar surface area (TPSA) is 88.3 Å². The molecule has 0 fully saturated rings. The molecule has 0 aliphatic heterocycles. The van der Waals surface area contributed by atoms with E-state index in [1.165, 1.54) is 24.4 Å². The number of likely N-dealkylation sites (N-methyl/N-ethyl adjacent to an activating group) is 1. The Balaban J connectivity index is 2.47. The lowest BCUT2D eigenvalue weighted by Gasteiger charge is -2.20. The van der Waals surface area contributed by atoms with Gasteiger partial charge in [0.15, 0.2) is 5.69 Å². The number of aromatic nitrogens is 3. The van der Waals surface area contributed by atoms with Gasteiger partial charge in [0.05, 0.1) is 11.4 Å². The van der Waals surface area contributed by atoms with Crippen molar-refractivity contribution >= 4 is 11.9 Å². The van der Waals surface area contributed by atoms with Crippen LogP contribution in [-0.2, 0) is 11.2 Å². The summed E-state index contributed by atoms with van der Waals surface area (Å²) in [5.74, 6) is -1.12. The maximum Gasteiger partial charge on any atom is 0.326 e. The summed E-state index contributed by atoms with van der Waals surface area (Å²) in [6, 6.07) is 7.04. The van der Waals surface area contributed by atoms with Crippen molar-refractivity contribution in [1.29, 1.82) is 0 Å². The molecule has 0 radical (unpaired) electrons. The molecule has 2 aromatic rings. The lowest BCUT2D eigenvalue weighted by Crippen LogP contribution is -2.40. The van der Waals surface area contributed by atoms with Gasteiger partial charge in [0.2, 0.25) is 0 Å². The minimum absolute atomic E-state index is 0.206. The van der Waals surface area contributed by atoms with Crippen molar-refractivity contribution in [3.8, 4) is 5.69 Å². The predicted molar refractivity (Wildman–Crippen MR) is 98.6 cm³/mol. The Morgan fingerprint density at radius 1 is 1.27 bits per heavy atom. The fraction of sp³-hybridized carbons (Fsp3) is 0.474. The van der Waals surface area contributed by atoms with Crippen LogP contribution in [-0.4, -0.2) is 50.0 Å². The Morgan fingerprint density at radius 3 is 2.54 bits per heavy atom. The minimum atomic E-state index is -1.06. The maximum atomic E-state index is 12.8. The summed E-state index contributed by atoms with van der Waals surface area (Å²) in [6.07, 6.45) is 1.44. The average Bonchev–Trinajstić information content (AvgIpc) is 3.03. The number of benzene rings is 1. The first-order valence-electron chi connectivity index (χ1n) is 8.82. The number of carboxylic acid groups (broad SMARTS) is 1. The second-order valence-corrected chi connectivity index (χ2v) is 6.73. The van der Waals surface area contributed by atoms with Gasteiger partial charge in [0.25, 0.3) is 5.91 Å². The van der Waals surface area contributed by atoms with E-state index in [9.17, 15) is 9.59 Å². The van der Waals surface area contributed by atoms with Crippen LogP contribution in [0.1, 0.15) is 61.8 Å². The van der Waals surface area contributed by atoms with Crippen LogP contribution in [0.4, 0.5) is 0 Å². The third kappa shape index (κ3) is 3.92. The van der Waals surface area contributed by atoms with Crippen molar-refractivity contribution in [2.24, 2.45) is 0 Å². The van der Waals surface area contributed by atoms with Gasteiger partial charge in [-0.25, -0.2) is 9.48 Å². The van der Waals surface area contributed by atoms with E-state index in [1.54, 1.807) is 4.68 Å². The van der Waals surface area contributed by atoms with Gasteiger partial charge >= 0.3 is 5.97 Å². The summed E-state index contributed by atoms with van der Waals surface area (Å²) >= 11 is 0. The van der Waals surface area contributed by atoms with Crippen LogP contribution in [0.15, 0.2) is 24.3 Å². The average molecular weight is 358 g/mol. The van der Waals surface area contributed by atoms with Crippen molar-refractivity contribution < 1.29 is 14.7 Å². The third-order valence-corrected chi connectivity index (χ3v) is 4.49. The molecule has 0 saturated carbocycles. The molecule has 0 spiro atoms. The van der Waals surface area contributed by atoms with E-state index in [1.807, 2.05) is 25.1 Å². The largest absolute Gasteiger partial charge is 0.480 e. The first kappa shape index (κ1) is 19.6. The van der Waals surface area contributed by atoms with E-state index in [4.69, 9.17) is 5.11 Å². The fourth-order valence-corrected chi connectivity index (χ4v) is 2.66. The molecule has 1 N–H and O–H groups in total. The number of aliphatic carboxylic acids is 1. The van der Waals surface area contributed by atoms with Crippen LogP contribution in [0.3, 0.4) is 0 Å². The molecular weight excluding hydrogens is 332 g/mol. The molecule has 0 aliphatic carbocycles. The van der Waals surface area contributed by atoms with Crippen molar-refractivity contribution in [2.45, 2.75) is 52.5 Å². The second kappa shape index (κ2) is 8.12. The van der Waals surface area contributed by atoms with Crippen molar-refractivity contribution in [2.75, 3.05) is 7.05 Å². The number of amides is 1. The molecule has 0 aliphatic rings. The van der Waals surface area contributed by atoms with Gasteiger partial charge in [-0.15, -0.1) is 5.10 Å². The van der Waals surface area contributed by atoms with Crippen LogP contribution in [0.5, 0.6) is 0 Å². The zero-order valence-corrected chi connectivity index (χ0v) is 15.9. The number of carboxylic acids is 1. The quantitative estimate of drug-likeness (QED) is 0.822. The number of rotatable bonds is 7. The lowest BCUT2D eigenvalue weighted by molar-refractivity contribution is -0.141. The van der Waals surface area contributed by atoms with Gasteiger partial charge in [0, 0.05) is 7.05 Å². The molecule has 7 heteroatoms. The highest BCUT2D eigenvalue weighted by molar-refractivity contribution is 5.95. The summed E-state index contributed by atoms with van der Waals surface area (Å²) in [5.41, 5.74) is 2.92. The van der Waals surface area contributed by atoms with E-state index in [2.05, 4.69) is 30.2 Å². The van der Waals surface area contributed by atoms with E-state index in [-0.39, 0.29) is 5.69 Å². The van der Waals surface area contributed by atoms with Gasteiger partial charge in [-0.1, -0.05) is 44.5 Å². The molecule has 1 amide bonds. The summed E-state index contributed by atoms with van der Waals surface area (Å²) in [5, 5.41) is 17.4. The molecule has 1 atom stereocenters. The molecule has 1 heterocycles. The summed E-state index contributed by atoms with van der Waals surface area (Å²) in [4.78, 5) is 25.1. The molecule has 1 aromatic carbocycles. The third-order valence-electron chi connectivity index (χ3n) is 4.49. The molecule has 1 unspecified atom stereocenters. The first-order chi connectivity index (χ1) is 12.3. The van der Waals surface area contributed by atoms with E-state index in [0.717, 1.165) is 12.1 Å². The summed E-state index contributed by atoms with van der Waals surface area (Å²) < 4.78 is 1.68. The number of hydrogen-bond acceptors (Lipinski definition) is 4. The monoisotopic (exact) mass is 358 g/mol. The SMILES string of the molecule is CCCc1c(C(=O)N(C)C(C)C(=O)O)nnn1-c1cccc(C(C)C)c1. The maximum absolute atomic E-state index is 12.8. The summed E-state index contributed by atoms with van der Waals surface area (Å²) in [7, 11) is 1.47. The number of hydrogen-bond donors (Lipinski definition) is 1.